The largest absolute Gasteiger partial charge is 0.461 e. The van der Waals surface area contributed by atoms with E-state index in [1.54, 1.807) is 19.9 Å². The topological polar surface area (TPSA) is 121 Å². The second-order valence-corrected chi connectivity index (χ2v) is 14.5. The van der Waals surface area contributed by atoms with Gasteiger partial charge in [-0.05, 0) is 42.2 Å². The van der Waals surface area contributed by atoms with Crippen molar-refractivity contribution in [2.75, 3.05) is 6.61 Å². The molecule has 0 radical (unpaired) electrons. The molecule has 2 fully saturated rings. The Labute approximate surface area is 252 Å². The first-order chi connectivity index (χ1) is 19.7. The van der Waals surface area contributed by atoms with Gasteiger partial charge in [0.05, 0.1) is 17.6 Å². The fourth-order valence-corrected chi connectivity index (χ4v) is 9.29. The van der Waals surface area contributed by atoms with Gasteiger partial charge in [0.25, 0.3) is 0 Å². The van der Waals surface area contributed by atoms with Gasteiger partial charge < -0.3 is 20.1 Å². The van der Waals surface area contributed by atoms with Crippen LogP contribution in [0.4, 0.5) is 0 Å². The molecule has 4 aliphatic carbocycles. The lowest BCUT2D eigenvalue weighted by Crippen LogP contribution is -2.65. The van der Waals surface area contributed by atoms with Gasteiger partial charge in [0.1, 0.15) is 17.5 Å². The normalized spacial score (nSPS) is 38.8. The van der Waals surface area contributed by atoms with Gasteiger partial charge in [-0.15, -0.1) is 0 Å². The summed E-state index contributed by atoms with van der Waals surface area (Å²) in [7, 11) is 0. The van der Waals surface area contributed by atoms with Crippen molar-refractivity contribution in [1.29, 1.82) is 0 Å². The lowest BCUT2D eigenvalue weighted by atomic mass is 9.56. The van der Waals surface area contributed by atoms with Gasteiger partial charge in [-0.1, -0.05) is 92.2 Å². The third-order valence-electron chi connectivity index (χ3n) is 11.8. The van der Waals surface area contributed by atoms with Gasteiger partial charge in [0, 0.05) is 36.5 Å². The fraction of sp³-hybridized carbons (Fsp3) is 0.800. The highest BCUT2D eigenvalue weighted by Crippen LogP contribution is 2.81. The molecular formula is C35H54O7. The first kappa shape index (κ1) is 33.1. The number of rotatable bonds is 13. The molecule has 0 aromatic carbocycles. The lowest BCUT2D eigenvalue weighted by molar-refractivity contribution is -0.210. The van der Waals surface area contributed by atoms with Crippen molar-refractivity contribution in [1.82, 2.24) is 0 Å². The van der Waals surface area contributed by atoms with Crippen molar-refractivity contribution in [3.05, 3.63) is 23.3 Å². The number of Topliss-reactive ketones (excluding diaryl/α,β-unsaturated/α-hetero) is 2. The second-order valence-electron chi connectivity index (χ2n) is 14.5. The Hall–Kier alpha value is -1.83. The zero-order chi connectivity index (χ0) is 31.3. The number of unbranched alkanes of at least 4 members (excludes halogenated alkanes) is 6. The quantitative estimate of drug-likeness (QED) is 0.148. The van der Waals surface area contributed by atoms with E-state index in [-0.39, 0.29) is 37.1 Å². The third-order valence-corrected chi connectivity index (χ3v) is 11.8. The van der Waals surface area contributed by atoms with Gasteiger partial charge in [-0.25, -0.2) is 0 Å². The van der Waals surface area contributed by atoms with E-state index in [0.29, 0.717) is 24.0 Å². The molecule has 9 atom stereocenters. The standard InChI is InChI=1S/C35H54O7/c1-8-10-11-12-13-14-15-16-27(37)42-31-23(5)35(41)25(28-32(6,7)34(28,31)30(39)21(3)9-2)18-24(20-36)19-33(40)26(35)17-22(4)29(33)38/h17-18,21,23,25-26,28,31,36,40-41H,8-16,19-20H2,1-7H3/t21?,23-,25+,26-,28-,31-,33-,34-,35-/m1/s1. The number of carbonyl (C=O) groups excluding carboxylic acids is 3. The van der Waals surface area contributed by atoms with Crippen LogP contribution < -0.4 is 0 Å². The van der Waals surface area contributed by atoms with Crippen molar-refractivity contribution in [2.45, 2.75) is 130 Å². The summed E-state index contributed by atoms with van der Waals surface area (Å²) in [5.74, 6) is -3.79. The number of hydrogen-bond donors (Lipinski definition) is 3. The number of hydrogen-bond acceptors (Lipinski definition) is 7. The number of esters is 1. The molecule has 0 aliphatic heterocycles. The molecule has 7 heteroatoms. The van der Waals surface area contributed by atoms with E-state index in [0.717, 1.165) is 19.3 Å². The summed E-state index contributed by atoms with van der Waals surface area (Å²) < 4.78 is 6.32. The summed E-state index contributed by atoms with van der Waals surface area (Å²) in [6, 6.07) is 0. The Morgan fingerprint density at radius 2 is 1.67 bits per heavy atom. The summed E-state index contributed by atoms with van der Waals surface area (Å²) in [6.45, 7) is 13.2. The first-order valence-corrected chi connectivity index (χ1v) is 16.4. The average molecular weight is 587 g/mol. The van der Waals surface area contributed by atoms with E-state index in [9.17, 15) is 29.7 Å². The molecule has 2 saturated carbocycles. The summed E-state index contributed by atoms with van der Waals surface area (Å²) in [5, 5.41) is 35.0. The van der Waals surface area contributed by atoms with E-state index < -0.39 is 57.6 Å². The Morgan fingerprint density at radius 1 is 1.05 bits per heavy atom. The van der Waals surface area contributed by atoms with Crippen molar-refractivity contribution in [2.24, 2.45) is 40.4 Å². The number of fused-ring (bicyclic) bond motifs is 5. The summed E-state index contributed by atoms with van der Waals surface area (Å²) in [5.41, 5.74) is -4.38. The molecule has 0 heterocycles. The molecule has 4 rings (SSSR count). The Balaban J connectivity index is 1.74. The maximum atomic E-state index is 14.4. The Kier molecular flexibility index (Phi) is 9.39. The van der Waals surface area contributed by atoms with Crippen LogP contribution in [0.3, 0.4) is 0 Å². The molecule has 4 aliphatic rings. The van der Waals surface area contributed by atoms with Gasteiger partial charge in [-0.3, -0.25) is 14.4 Å². The highest BCUT2D eigenvalue weighted by Gasteiger charge is 2.87. The molecule has 1 unspecified atom stereocenters. The monoisotopic (exact) mass is 586 g/mol. The van der Waals surface area contributed by atoms with Crippen LogP contribution in [0.15, 0.2) is 23.3 Å². The van der Waals surface area contributed by atoms with Crippen molar-refractivity contribution >= 4 is 17.5 Å². The van der Waals surface area contributed by atoms with Crippen LogP contribution in [0.1, 0.15) is 113 Å². The number of ether oxygens (including phenoxy) is 1. The maximum absolute atomic E-state index is 14.4. The average Bonchev–Trinajstić information content (AvgIpc) is 3.42. The van der Waals surface area contributed by atoms with Crippen LogP contribution in [0.5, 0.6) is 0 Å². The minimum Gasteiger partial charge on any atom is -0.461 e. The molecule has 0 aromatic heterocycles. The third kappa shape index (κ3) is 4.77. The van der Waals surface area contributed by atoms with Crippen LogP contribution in [0, 0.1) is 40.4 Å². The van der Waals surface area contributed by atoms with Crippen LogP contribution in [0.25, 0.3) is 0 Å². The minimum atomic E-state index is -1.91. The van der Waals surface area contributed by atoms with E-state index in [1.807, 2.05) is 33.8 Å². The van der Waals surface area contributed by atoms with E-state index in [1.165, 1.54) is 19.3 Å². The molecule has 0 amide bonds. The van der Waals surface area contributed by atoms with Gasteiger partial charge in [0.2, 0.25) is 0 Å². The highest BCUT2D eigenvalue weighted by molar-refractivity contribution is 6.05. The number of carbonyl (C=O) groups is 3. The summed E-state index contributed by atoms with van der Waals surface area (Å²) >= 11 is 0. The van der Waals surface area contributed by atoms with Gasteiger partial charge >= 0.3 is 5.97 Å². The zero-order valence-corrected chi connectivity index (χ0v) is 26.9. The highest BCUT2D eigenvalue weighted by atomic mass is 16.5. The van der Waals surface area contributed by atoms with E-state index in [4.69, 9.17) is 4.74 Å². The van der Waals surface area contributed by atoms with Crippen LogP contribution in [-0.4, -0.2) is 56.8 Å². The number of aliphatic hydroxyl groups excluding tert-OH is 1. The summed E-state index contributed by atoms with van der Waals surface area (Å²) in [4.78, 5) is 41.1. The second kappa shape index (κ2) is 11.9. The molecule has 236 valence electrons. The number of aliphatic hydroxyl groups is 3. The maximum Gasteiger partial charge on any atom is 0.306 e. The lowest BCUT2D eigenvalue weighted by Gasteiger charge is -2.53. The predicted octanol–water partition coefficient (Wildman–Crippen LogP) is 5.49. The molecule has 42 heavy (non-hydrogen) atoms. The molecule has 0 aromatic rings. The molecule has 7 nitrogen and oxygen atoms in total. The van der Waals surface area contributed by atoms with Crippen molar-refractivity contribution in [3.63, 3.8) is 0 Å². The molecule has 0 spiro atoms. The van der Waals surface area contributed by atoms with Crippen LogP contribution in [0.2, 0.25) is 0 Å². The van der Waals surface area contributed by atoms with Crippen LogP contribution >= 0.6 is 0 Å². The zero-order valence-electron chi connectivity index (χ0n) is 26.9. The summed E-state index contributed by atoms with van der Waals surface area (Å²) in [6.07, 6.45) is 10.8. The van der Waals surface area contributed by atoms with Gasteiger partial charge in [-0.2, -0.15) is 0 Å². The molecule has 3 N–H and O–H groups in total. The Morgan fingerprint density at radius 3 is 2.26 bits per heavy atom. The molecule has 0 saturated heterocycles. The van der Waals surface area contributed by atoms with Gasteiger partial charge in [0.15, 0.2) is 5.78 Å². The fourth-order valence-electron chi connectivity index (χ4n) is 9.29. The van der Waals surface area contributed by atoms with Crippen molar-refractivity contribution < 1.29 is 34.4 Å². The predicted molar refractivity (Wildman–Crippen MR) is 161 cm³/mol. The minimum absolute atomic E-state index is 0.0373. The molecular weight excluding hydrogens is 532 g/mol. The Bertz CT molecular complexity index is 1140. The smallest absolute Gasteiger partial charge is 0.306 e. The first-order valence-electron chi connectivity index (χ1n) is 16.4. The number of ketones is 2. The SMILES string of the molecule is CCCCCCCCCC(=O)O[C@@H]1[C@@H](C)[C@@]2(O)[C@@H](C=C(CO)C[C@]3(O)C(=O)C(C)=C[C@@H]23)[C@@H]2C(C)(C)[C@]12C(=O)C(C)CC. The van der Waals surface area contributed by atoms with Crippen LogP contribution in [-0.2, 0) is 19.1 Å². The molecule has 0 bridgehead atoms. The van der Waals surface area contributed by atoms with E-state index in [2.05, 4.69) is 6.92 Å². The van der Waals surface area contributed by atoms with Crippen molar-refractivity contribution in [3.8, 4) is 0 Å². The van der Waals surface area contributed by atoms with E-state index >= 15 is 0 Å².